The highest BCUT2D eigenvalue weighted by molar-refractivity contribution is 5.76. The molecule has 1 aromatic rings. The molecule has 0 atom stereocenters. The van der Waals surface area contributed by atoms with E-state index in [-0.39, 0.29) is 5.41 Å². The third-order valence-electron chi connectivity index (χ3n) is 5.23. The second kappa shape index (κ2) is 9.28. The van der Waals surface area contributed by atoms with Gasteiger partial charge in [0.1, 0.15) is 11.5 Å². The molecule has 0 spiro atoms. The van der Waals surface area contributed by atoms with Gasteiger partial charge in [0.15, 0.2) is 0 Å². The first-order valence-electron chi connectivity index (χ1n) is 9.57. The summed E-state index contributed by atoms with van der Waals surface area (Å²) in [6.45, 7) is 8.31. The Morgan fingerprint density at radius 2 is 1.72 bits per heavy atom. The monoisotopic (exact) mass is 346 g/mol. The second-order valence-corrected chi connectivity index (χ2v) is 7.50. The average molecular weight is 347 g/mol. The lowest BCUT2D eigenvalue weighted by atomic mass is 9.79. The Morgan fingerprint density at radius 1 is 1.04 bits per heavy atom. The van der Waals surface area contributed by atoms with Gasteiger partial charge in [-0.25, -0.2) is 0 Å². The minimum absolute atomic E-state index is 0.108. The van der Waals surface area contributed by atoms with Crippen molar-refractivity contribution in [2.45, 2.75) is 64.7 Å². The zero-order chi connectivity index (χ0) is 18.3. The van der Waals surface area contributed by atoms with Crippen LogP contribution in [0.5, 0.6) is 11.5 Å². The van der Waals surface area contributed by atoms with Crippen LogP contribution >= 0.6 is 0 Å². The molecular formula is C22H34O3. The first kappa shape index (κ1) is 19.8. The standard InChI is InChI=1S/C22H34O3/c1-6-7-8-9-12-22(2,3)18-15-19(23-4)21(20(16-18)24-5)17-10-13-25-14-11-17/h10,15-16H,6-9,11-14H2,1-5H3. The molecule has 3 nitrogen and oxygen atoms in total. The molecule has 0 fully saturated rings. The molecule has 1 aliphatic rings. The summed E-state index contributed by atoms with van der Waals surface area (Å²) in [5, 5.41) is 0. The predicted molar refractivity (Wildman–Crippen MR) is 105 cm³/mol. The lowest BCUT2D eigenvalue weighted by Gasteiger charge is -2.28. The van der Waals surface area contributed by atoms with E-state index in [0.29, 0.717) is 6.61 Å². The van der Waals surface area contributed by atoms with Crippen molar-refractivity contribution >= 4 is 5.57 Å². The Bertz CT molecular complexity index is 562. The fraction of sp³-hybridized carbons (Fsp3) is 0.636. The molecule has 0 aliphatic carbocycles. The lowest BCUT2D eigenvalue weighted by Crippen LogP contribution is -2.18. The molecule has 0 N–H and O–H groups in total. The van der Waals surface area contributed by atoms with E-state index in [0.717, 1.165) is 30.1 Å². The van der Waals surface area contributed by atoms with Gasteiger partial charge in [-0.2, -0.15) is 0 Å². The summed E-state index contributed by atoms with van der Waals surface area (Å²) in [6, 6.07) is 4.40. The van der Waals surface area contributed by atoms with Gasteiger partial charge in [0, 0.05) is 0 Å². The van der Waals surface area contributed by atoms with Crippen molar-refractivity contribution in [2.24, 2.45) is 0 Å². The molecule has 0 radical (unpaired) electrons. The molecule has 0 saturated heterocycles. The van der Waals surface area contributed by atoms with E-state index in [1.54, 1.807) is 14.2 Å². The highest BCUT2D eigenvalue weighted by atomic mass is 16.5. The number of ether oxygens (including phenoxy) is 3. The van der Waals surface area contributed by atoms with E-state index in [2.05, 4.69) is 39.0 Å². The summed E-state index contributed by atoms with van der Waals surface area (Å²) in [4.78, 5) is 0. The van der Waals surface area contributed by atoms with Crippen molar-refractivity contribution in [2.75, 3.05) is 27.4 Å². The van der Waals surface area contributed by atoms with E-state index < -0.39 is 0 Å². The summed E-state index contributed by atoms with van der Waals surface area (Å²) in [7, 11) is 3.49. The summed E-state index contributed by atoms with van der Waals surface area (Å²) >= 11 is 0. The Morgan fingerprint density at radius 3 is 2.24 bits per heavy atom. The Balaban J connectivity index is 2.33. The average Bonchev–Trinajstić information content (AvgIpc) is 2.64. The van der Waals surface area contributed by atoms with E-state index >= 15 is 0 Å². The zero-order valence-electron chi connectivity index (χ0n) is 16.6. The van der Waals surface area contributed by atoms with Crippen LogP contribution in [0, 0.1) is 0 Å². The zero-order valence-corrected chi connectivity index (χ0v) is 16.6. The summed E-state index contributed by atoms with van der Waals surface area (Å²) < 4.78 is 17.0. The van der Waals surface area contributed by atoms with E-state index in [1.807, 2.05) is 0 Å². The van der Waals surface area contributed by atoms with Crippen LogP contribution in [0.2, 0.25) is 0 Å². The molecule has 1 aromatic carbocycles. The van der Waals surface area contributed by atoms with Crippen LogP contribution in [0.3, 0.4) is 0 Å². The first-order chi connectivity index (χ1) is 12.0. The van der Waals surface area contributed by atoms with Crippen LogP contribution in [0.1, 0.15) is 70.4 Å². The molecule has 0 bridgehead atoms. The van der Waals surface area contributed by atoms with Gasteiger partial charge >= 0.3 is 0 Å². The second-order valence-electron chi connectivity index (χ2n) is 7.50. The molecule has 0 unspecified atom stereocenters. The van der Waals surface area contributed by atoms with Crippen molar-refractivity contribution in [3.05, 3.63) is 29.3 Å². The largest absolute Gasteiger partial charge is 0.496 e. The number of hydrogen-bond donors (Lipinski definition) is 0. The van der Waals surface area contributed by atoms with Gasteiger partial charge in [-0.05, 0) is 41.5 Å². The van der Waals surface area contributed by atoms with Crippen LogP contribution < -0.4 is 9.47 Å². The number of unbranched alkanes of at least 4 members (excludes halogenated alkanes) is 3. The maximum atomic E-state index is 5.76. The SMILES string of the molecule is CCCCCCC(C)(C)c1cc(OC)c(C2=CCOCC2)c(OC)c1. The minimum atomic E-state index is 0.108. The smallest absolute Gasteiger partial charge is 0.130 e. The Labute approximate surface area is 153 Å². The number of benzene rings is 1. The van der Waals surface area contributed by atoms with Gasteiger partial charge in [-0.1, -0.05) is 52.5 Å². The van der Waals surface area contributed by atoms with Gasteiger partial charge in [0.2, 0.25) is 0 Å². The van der Waals surface area contributed by atoms with Crippen molar-refractivity contribution in [1.82, 2.24) is 0 Å². The number of methoxy groups -OCH3 is 2. The normalized spacial score (nSPS) is 15.0. The van der Waals surface area contributed by atoms with Crippen LogP contribution in [0.15, 0.2) is 18.2 Å². The van der Waals surface area contributed by atoms with Crippen LogP contribution in [-0.4, -0.2) is 27.4 Å². The van der Waals surface area contributed by atoms with Crippen molar-refractivity contribution in [1.29, 1.82) is 0 Å². The van der Waals surface area contributed by atoms with Gasteiger partial charge in [0.25, 0.3) is 0 Å². The molecular weight excluding hydrogens is 312 g/mol. The summed E-state index contributed by atoms with van der Waals surface area (Å²) in [5.74, 6) is 1.81. The molecule has 1 aliphatic heterocycles. The highest BCUT2D eigenvalue weighted by Crippen LogP contribution is 2.42. The minimum Gasteiger partial charge on any atom is -0.496 e. The molecule has 3 heteroatoms. The van der Waals surface area contributed by atoms with Crippen molar-refractivity contribution in [3.8, 4) is 11.5 Å². The van der Waals surface area contributed by atoms with Crippen molar-refractivity contribution < 1.29 is 14.2 Å². The van der Waals surface area contributed by atoms with E-state index in [4.69, 9.17) is 14.2 Å². The van der Waals surface area contributed by atoms with Crippen LogP contribution in [0.4, 0.5) is 0 Å². The molecule has 0 amide bonds. The van der Waals surface area contributed by atoms with Gasteiger partial charge in [-0.15, -0.1) is 0 Å². The maximum absolute atomic E-state index is 5.76. The molecule has 2 rings (SSSR count). The molecule has 1 heterocycles. The highest BCUT2D eigenvalue weighted by Gasteiger charge is 2.25. The lowest BCUT2D eigenvalue weighted by molar-refractivity contribution is 0.161. The van der Waals surface area contributed by atoms with E-state index in [1.165, 1.54) is 43.2 Å². The molecule has 0 aromatic heterocycles. The topological polar surface area (TPSA) is 27.7 Å². The van der Waals surface area contributed by atoms with Gasteiger partial charge in [-0.3, -0.25) is 0 Å². The predicted octanol–water partition coefficient (Wildman–Crippen LogP) is 5.76. The fourth-order valence-corrected chi connectivity index (χ4v) is 3.51. The third kappa shape index (κ3) is 5.01. The van der Waals surface area contributed by atoms with E-state index in [9.17, 15) is 0 Å². The maximum Gasteiger partial charge on any atom is 0.130 e. The summed E-state index contributed by atoms with van der Waals surface area (Å²) in [6.07, 6.45) is 9.36. The molecule has 140 valence electrons. The molecule has 0 saturated carbocycles. The van der Waals surface area contributed by atoms with Gasteiger partial charge < -0.3 is 14.2 Å². The van der Waals surface area contributed by atoms with Crippen LogP contribution in [-0.2, 0) is 10.2 Å². The first-order valence-corrected chi connectivity index (χ1v) is 9.57. The number of hydrogen-bond acceptors (Lipinski definition) is 3. The third-order valence-corrected chi connectivity index (χ3v) is 5.23. The Hall–Kier alpha value is -1.48. The van der Waals surface area contributed by atoms with Crippen molar-refractivity contribution in [3.63, 3.8) is 0 Å². The fourth-order valence-electron chi connectivity index (χ4n) is 3.51. The van der Waals surface area contributed by atoms with Crippen LogP contribution in [0.25, 0.3) is 5.57 Å². The van der Waals surface area contributed by atoms with Gasteiger partial charge in [0.05, 0.1) is 33.0 Å². The summed E-state index contributed by atoms with van der Waals surface area (Å²) in [5.41, 5.74) is 3.73. The number of rotatable bonds is 9. The Kier molecular flexibility index (Phi) is 7.37. The molecule has 25 heavy (non-hydrogen) atoms. The quantitative estimate of drug-likeness (QED) is 0.532.